The van der Waals surface area contributed by atoms with Gasteiger partial charge in [-0.15, -0.1) is 0 Å². The van der Waals surface area contributed by atoms with Gasteiger partial charge >= 0.3 is 7.75 Å². The minimum Gasteiger partial charge on any atom is -0.497 e. The normalized spacial score (nSPS) is 29.7. The van der Waals surface area contributed by atoms with Gasteiger partial charge < -0.3 is 4.74 Å². The predicted octanol–water partition coefficient (Wildman–Crippen LogP) is 2.30. The molecule has 0 radical (unpaired) electrons. The first-order chi connectivity index (χ1) is 9.37. The Morgan fingerprint density at radius 2 is 2.10 bits per heavy atom. The summed E-state index contributed by atoms with van der Waals surface area (Å²) < 4.78 is 27.5. The van der Waals surface area contributed by atoms with Crippen LogP contribution in [0.25, 0.3) is 0 Å². The summed E-state index contributed by atoms with van der Waals surface area (Å²) in [5.41, 5.74) is -0.901. The molecule has 0 aromatic heterocycles. The van der Waals surface area contributed by atoms with Crippen molar-refractivity contribution in [2.45, 2.75) is 12.5 Å². The summed E-state index contributed by atoms with van der Waals surface area (Å²) in [6, 6.07) is 6.72. The number of rotatable bonds is 4. The number of nitrogens with one attached hydrogen (secondary N) is 1. The van der Waals surface area contributed by atoms with E-state index < -0.39 is 18.2 Å². The van der Waals surface area contributed by atoms with Gasteiger partial charge in [0, 0.05) is 23.6 Å². The van der Waals surface area contributed by atoms with E-state index in [1.165, 1.54) is 14.0 Å². The van der Waals surface area contributed by atoms with Crippen molar-refractivity contribution in [1.82, 2.24) is 0 Å². The SMILES string of the molecule is COc1cccc(NP2(=O)OCC(C)([N+](=O)[O-])CO2)c1. The highest BCUT2D eigenvalue weighted by Crippen LogP contribution is 2.52. The van der Waals surface area contributed by atoms with Crippen LogP contribution in [0.4, 0.5) is 5.69 Å². The van der Waals surface area contributed by atoms with Crippen molar-refractivity contribution in [3.8, 4) is 5.75 Å². The molecule has 1 heterocycles. The molecular formula is C11H15N2O6P. The molecule has 110 valence electrons. The highest BCUT2D eigenvalue weighted by Gasteiger charge is 2.48. The number of nitrogens with zero attached hydrogens (tertiary/aromatic N) is 1. The van der Waals surface area contributed by atoms with Crippen LogP contribution in [0.3, 0.4) is 0 Å². The molecule has 0 amide bonds. The molecule has 20 heavy (non-hydrogen) atoms. The topological polar surface area (TPSA) is 99.9 Å². The predicted molar refractivity (Wildman–Crippen MR) is 71.5 cm³/mol. The van der Waals surface area contributed by atoms with E-state index in [2.05, 4.69) is 5.09 Å². The smallest absolute Gasteiger partial charge is 0.433 e. The quantitative estimate of drug-likeness (QED) is 0.517. The van der Waals surface area contributed by atoms with Crippen LogP contribution in [0.15, 0.2) is 24.3 Å². The highest BCUT2D eigenvalue weighted by molar-refractivity contribution is 7.55. The van der Waals surface area contributed by atoms with Crippen LogP contribution in [-0.2, 0) is 13.6 Å². The molecule has 9 heteroatoms. The van der Waals surface area contributed by atoms with Crippen LogP contribution in [0.1, 0.15) is 6.92 Å². The van der Waals surface area contributed by atoms with Gasteiger partial charge in [-0.2, -0.15) is 0 Å². The molecule has 0 unspecified atom stereocenters. The molecule has 0 saturated carbocycles. The van der Waals surface area contributed by atoms with E-state index in [9.17, 15) is 14.7 Å². The average molecular weight is 302 g/mol. The summed E-state index contributed by atoms with van der Waals surface area (Å²) in [6.45, 7) is 0.810. The van der Waals surface area contributed by atoms with E-state index in [1.807, 2.05) is 0 Å². The number of anilines is 1. The van der Waals surface area contributed by atoms with Crippen LogP contribution >= 0.6 is 7.75 Å². The van der Waals surface area contributed by atoms with E-state index >= 15 is 0 Å². The maximum atomic E-state index is 12.3. The summed E-state index contributed by atoms with van der Waals surface area (Å²) in [5.74, 6) is 0.578. The number of nitro groups is 1. The number of benzene rings is 1. The van der Waals surface area contributed by atoms with Crippen molar-refractivity contribution < 1.29 is 23.3 Å². The largest absolute Gasteiger partial charge is 0.497 e. The third kappa shape index (κ3) is 3.09. The Bertz CT molecular complexity index is 552. The summed E-state index contributed by atoms with van der Waals surface area (Å²) >= 11 is 0. The molecule has 0 aliphatic carbocycles. The second kappa shape index (κ2) is 5.40. The van der Waals surface area contributed by atoms with Gasteiger partial charge in [0.1, 0.15) is 19.0 Å². The van der Waals surface area contributed by atoms with Crippen molar-refractivity contribution in [3.05, 3.63) is 34.4 Å². The lowest BCUT2D eigenvalue weighted by Crippen LogP contribution is -2.47. The molecule has 1 aliphatic rings. The van der Waals surface area contributed by atoms with Crippen LogP contribution in [-0.4, -0.2) is 30.8 Å². The maximum Gasteiger partial charge on any atom is 0.433 e. The molecule has 0 atom stereocenters. The summed E-state index contributed by atoms with van der Waals surface area (Å²) in [5, 5.41) is 13.5. The molecule has 1 saturated heterocycles. The molecule has 0 spiro atoms. The van der Waals surface area contributed by atoms with Crippen LogP contribution in [0, 0.1) is 10.1 Å². The van der Waals surface area contributed by atoms with Crippen molar-refractivity contribution >= 4 is 13.4 Å². The number of hydrogen-bond donors (Lipinski definition) is 1. The zero-order valence-corrected chi connectivity index (χ0v) is 12.0. The Morgan fingerprint density at radius 1 is 1.45 bits per heavy atom. The Balaban J connectivity index is 2.07. The summed E-state index contributed by atoms with van der Waals surface area (Å²) in [7, 11) is -2.08. The van der Waals surface area contributed by atoms with Gasteiger partial charge in [0.15, 0.2) is 0 Å². The molecule has 1 aromatic carbocycles. The molecule has 1 N–H and O–H groups in total. The van der Waals surface area contributed by atoms with Crippen molar-refractivity contribution in [2.24, 2.45) is 0 Å². The molecule has 1 aromatic rings. The summed E-state index contributed by atoms with van der Waals surface area (Å²) in [6.07, 6.45) is 0. The lowest BCUT2D eigenvalue weighted by molar-refractivity contribution is -0.572. The highest BCUT2D eigenvalue weighted by atomic mass is 31.2. The molecule has 8 nitrogen and oxygen atoms in total. The van der Waals surface area contributed by atoms with E-state index in [0.29, 0.717) is 11.4 Å². The Morgan fingerprint density at radius 3 is 2.65 bits per heavy atom. The van der Waals surface area contributed by atoms with Gasteiger partial charge in [0.2, 0.25) is 0 Å². The van der Waals surface area contributed by atoms with Gasteiger partial charge in [0.05, 0.1) is 7.11 Å². The van der Waals surface area contributed by atoms with Gasteiger partial charge in [-0.1, -0.05) is 6.07 Å². The lowest BCUT2D eigenvalue weighted by atomic mass is 10.1. The van der Waals surface area contributed by atoms with Gasteiger partial charge in [-0.25, -0.2) is 4.57 Å². The van der Waals surface area contributed by atoms with E-state index in [1.54, 1.807) is 24.3 Å². The molecule has 1 fully saturated rings. The number of ether oxygens (including phenoxy) is 1. The van der Waals surface area contributed by atoms with Gasteiger partial charge in [-0.3, -0.25) is 24.2 Å². The third-order valence-electron chi connectivity index (χ3n) is 2.87. The second-order valence-electron chi connectivity index (χ2n) is 4.64. The zero-order chi connectivity index (χ0) is 14.8. The fourth-order valence-corrected chi connectivity index (χ4v) is 3.10. The first-order valence-corrected chi connectivity index (χ1v) is 7.37. The summed E-state index contributed by atoms with van der Waals surface area (Å²) in [4.78, 5) is 10.3. The van der Waals surface area contributed by atoms with E-state index in [4.69, 9.17) is 13.8 Å². The Kier molecular flexibility index (Phi) is 3.99. The van der Waals surface area contributed by atoms with Crippen LogP contribution in [0.2, 0.25) is 0 Å². The zero-order valence-electron chi connectivity index (χ0n) is 11.1. The average Bonchev–Trinajstić information content (AvgIpc) is 2.42. The minimum atomic E-state index is -3.60. The van der Waals surface area contributed by atoms with E-state index in [-0.39, 0.29) is 13.2 Å². The van der Waals surface area contributed by atoms with Gasteiger partial charge in [-0.05, 0) is 12.1 Å². The Labute approximate surface area is 115 Å². The molecule has 0 bridgehead atoms. The standard InChI is InChI=1S/C11H15N2O6P/c1-11(13(14)15)7-18-20(16,19-8-11)12-9-4-3-5-10(6-9)17-2/h3-6H,7-8H2,1-2H3,(H,12,16). The van der Waals surface area contributed by atoms with Crippen LogP contribution in [0.5, 0.6) is 5.75 Å². The molecule has 2 rings (SSSR count). The van der Waals surface area contributed by atoms with Crippen molar-refractivity contribution in [2.75, 3.05) is 25.4 Å². The van der Waals surface area contributed by atoms with E-state index in [0.717, 1.165) is 0 Å². The number of hydrogen-bond acceptors (Lipinski definition) is 6. The fraction of sp³-hybridized carbons (Fsp3) is 0.455. The lowest BCUT2D eigenvalue weighted by Gasteiger charge is -2.30. The minimum absolute atomic E-state index is 0.283. The van der Waals surface area contributed by atoms with Crippen molar-refractivity contribution in [3.63, 3.8) is 0 Å². The van der Waals surface area contributed by atoms with Gasteiger partial charge in [0.25, 0.3) is 5.54 Å². The maximum absolute atomic E-state index is 12.3. The van der Waals surface area contributed by atoms with Crippen LogP contribution < -0.4 is 9.82 Å². The third-order valence-corrected chi connectivity index (χ3v) is 4.34. The second-order valence-corrected chi connectivity index (χ2v) is 6.38. The first kappa shape index (κ1) is 14.8. The first-order valence-electron chi connectivity index (χ1n) is 5.83. The molecular weight excluding hydrogens is 287 g/mol. The fourth-order valence-electron chi connectivity index (χ4n) is 1.55. The monoisotopic (exact) mass is 302 g/mol. The number of methoxy groups -OCH3 is 1. The molecule has 1 aliphatic heterocycles. The Hall–Kier alpha value is -1.63. The van der Waals surface area contributed by atoms with Crippen molar-refractivity contribution in [1.29, 1.82) is 0 Å².